The molecule has 0 unspecified atom stereocenters. The van der Waals surface area contributed by atoms with Crippen molar-refractivity contribution in [2.45, 2.75) is 26.3 Å². The summed E-state index contributed by atoms with van der Waals surface area (Å²) in [7, 11) is -3.19. The first-order valence-electron chi connectivity index (χ1n) is 5.29. The van der Waals surface area contributed by atoms with E-state index in [4.69, 9.17) is 0 Å². The number of benzene rings is 1. The fourth-order valence-corrected chi connectivity index (χ4v) is 2.47. The van der Waals surface area contributed by atoms with Gasteiger partial charge in [-0.15, -0.1) is 0 Å². The van der Waals surface area contributed by atoms with Gasteiger partial charge in [-0.25, -0.2) is 13.1 Å². The summed E-state index contributed by atoms with van der Waals surface area (Å²) in [6.45, 7) is 2.17. The molecule has 0 heterocycles. The molecule has 0 amide bonds. The molecule has 1 aromatic rings. The van der Waals surface area contributed by atoms with Crippen molar-refractivity contribution in [3.05, 3.63) is 29.8 Å². The maximum Gasteiger partial charge on any atom is 0.211 e. The van der Waals surface area contributed by atoms with Gasteiger partial charge in [0.2, 0.25) is 10.0 Å². The second-order valence-corrected chi connectivity index (χ2v) is 5.59. The van der Waals surface area contributed by atoms with E-state index in [-0.39, 0.29) is 18.0 Å². The number of sulfonamides is 1. The zero-order chi connectivity index (χ0) is 12.0. The highest BCUT2D eigenvalue weighted by Crippen LogP contribution is 2.10. The number of unbranched alkanes of at least 4 members (excludes halogenated alkanes) is 1. The highest BCUT2D eigenvalue weighted by atomic mass is 32.2. The van der Waals surface area contributed by atoms with Gasteiger partial charge in [0.25, 0.3) is 0 Å². The Morgan fingerprint density at radius 1 is 1.38 bits per heavy atom. The first kappa shape index (κ1) is 13.0. The Morgan fingerprint density at radius 3 is 2.75 bits per heavy atom. The molecule has 90 valence electrons. The molecule has 0 aromatic heterocycles. The van der Waals surface area contributed by atoms with Crippen LogP contribution in [0.15, 0.2) is 24.3 Å². The SMILES string of the molecule is CCCCS(=O)(=O)NCc1cccc(O)c1. The molecule has 0 radical (unpaired) electrons. The van der Waals surface area contributed by atoms with Crippen LogP contribution in [0.2, 0.25) is 0 Å². The van der Waals surface area contributed by atoms with Crippen LogP contribution in [0.1, 0.15) is 25.3 Å². The van der Waals surface area contributed by atoms with E-state index in [2.05, 4.69) is 4.72 Å². The third-order valence-corrected chi connectivity index (χ3v) is 3.58. The molecule has 0 saturated carbocycles. The fraction of sp³-hybridized carbons (Fsp3) is 0.455. The van der Waals surface area contributed by atoms with Crippen LogP contribution in [-0.4, -0.2) is 19.3 Å². The Labute approximate surface area is 96.4 Å². The smallest absolute Gasteiger partial charge is 0.211 e. The summed E-state index contributed by atoms with van der Waals surface area (Å²) in [5.74, 6) is 0.299. The highest BCUT2D eigenvalue weighted by molar-refractivity contribution is 7.89. The zero-order valence-electron chi connectivity index (χ0n) is 9.31. The molecule has 0 saturated heterocycles. The largest absolute Gasteiger partial charge is 0.508 e. The van der Waals surface area contributed by atoms with Crippen LogP contribution in [0, 0.1) is 0 Å². The normalized spacial score (nSPS) is 11.6. The van der Waals surface area contributed by atoms with E-state index in [0.29, 0.717) is 6.42 Å². The summed E-state index contributed by atoms with van der Waals surface area (Å²) in [5, 5.41) is 9.21. The van der Waals surface area contributed by atoms with E-state index in [1.54, 1.807) is 24.3 Å². The molecule has 2 N–H and O–H groups in total. The Kier molecular flexibility index (Phi) is 4.76. The predicted molar refractivity (Wildman–Crippen MR) is 63.6 cm³/mol. The summed E-state index contributed by atoms with van der Waals surface area (Å²) in [6.07, 6.45) is 1.52. The van der Waals surface area contributed by atoms with Crippen LogP contribution in [0.3, 0.4) is 0 Å². The van der Waals surface area contributed by atoms with Gasteiger partial charge < -0.3 is 5.11 Å². The molecule has 0 aliphatic carbocycles. The number of rotatable bonds is 6. The highest BCUT2D eigenvalue weighted by Gasteiger charge is 2.08. The van der Waals surface area contributed by atoms with Crippen molar-refractivity contribution in [3.63, 3.8) is 0 Å². The van der Waals surface area contributed by atoms with E-state index in [1.807, 2.05) is 6.92 Å². The average molecular weight is 243 g/mol. The molecule has 4 nitrogen and oxygen atoms in total. The molecule has 0 aliphatic rings. The van der Waals surface area contributed by atoms with Crippen LogP contribution in [-0.2, 0) is 16.6 Å². The second-order valence-electron chi connectivity index (χ2n) is 3.66. The lowest BCUT2D eigenvalue weighted by molar-refractivity contribution is 0.474. The molecule has 1 aromatic carbocycles. The minimum atomic E-state index is -3.19. The second kappa shape index (κ2) is 5.86. The van der Waals surface area contributed by atoms with Gasteiger partial charge in [0.05, 0.1) is 5.75 Å². The average Bonchev–Trinajstić information content (AvgIpc) is 2.24. The summed E-state index contributed by atoms with van der Waals surface area (Å²) >= 11 is 0. The van der Waals surface area contributed by atoms with Crippen LogP contribution >= 0.6 is 0 Å². The van der Waals surface area contributed by atoms with Gasteiger partial charge in [-0.1, -0.05) is 25.5 Å². The Hall–Kier alpha value is -1.07. The third kappa shape index (κ3) is 4.63. The van der Waals surface area contributed by atoms with Crippen molar-refractivity contribution in [2.75, 3.05) is 5.75 Å². The van der Waals surface area contributed by atoms with E-state index >= 15 is 0 Å². The Balaban J connectivity index is 2.51. The van der Waals surface area contributed by atoms with Crippen LogP contribution < -0.4 is 4.72 Å². The van der Waals surface area contributed by atoms with Gasteiger partial charge >= 0.3 is 0 Å². The van der Waals surface area contributed by atoms with Gasteiger partial charge in [-0.05, 0) is 24.1 Å². The number of nitrogens with one attached hydrogen (secondary N) is 1. The minimum Gasteiger partial charge on any atom is -0.508 e. The zero-order valence-corrected chi connectivity index (χ0v) is 10.1. The number of aromatic hydroxyl groups is 1. The number of hydrogen-bond acceptors (Lipinski definition) is 3. The Morgan fingerprint density at radius 2 is 2.12 bits per heavy atom. The van der Waals surface area contributed by atoms with Crippen molar-refractivity contribution < 1.29 is 13.5 Å². The molecule has 5 heteroatoms. The Bertz CT molecular complexity index is 429. The maximum atomic E-state index is 11.5. The number of hydrogen-bond donors (Lipinski definition) is 2. The molecular formula is C11H17NO3S. The van der Waals surface area contributed by atoms with Gasteiger partial charge in [0, 0.05) is 6.54 Å². The molecule has 0 bridgehead atoms. The third-order valence-electron chi connectivity index (χ3n) is 2.17. The van der Waals surface area contributed by atoms with Crippen LogP contribution in [0.4, 0.5) is 0 Å². The first-order valence-corrected chi connectivity index (χ1v) is 6.94. The lowest BCUT2D eigenvalue weighted by atomic mass is 10.2. The van der Waals surface area contributed by atoms with Crippen molar-refractivity contribution in [2.24, 2.45) is 0 Å². The molecule has 0 atom stereocenters. The van der Waals surface area contributed by atoms with E-state index in [9.17, 15) is 13.5 Å². The topological polar surface area (TPSA) is 66.4 Å². The molecule has 0 fully saturated rings. The minimum absolute atomic E-state index is 0.144. The molecule has 16 heavy (non-hydrogen) atoms. The molecular weight excluding hydrogens is 226 g/mol. The standard InChI is InChI=1S/C11H17NO3S/c1-2-3-7-16(14,15)12-9-10-5-4-6-11(13)8-10/h4-6,8,12-13H,2-3,7,9H2,1H3. The van der Waals surface area contributed by atoms with Gasteiger partial charge in [0.1, 0.15) is 5.75 Å². The van der Waals surface area contributed by atoms with E-state index < -0.39 is 10.0 Å². The molecule has 1 rings (SSSR count). The molecule has 0 spiro atoms. The van der Waals surface area contributed by atoms with Crippen molar-refractivity contribution in [1.82, 2.24) is 4.72 Å². The summed E-state index contributed by atoms with van der Waals surface area (Å²) in [4.78, 5) is 0. The summed E-state index contributed by atoms with van der Waals surface area (Å²) < 4.78 is 25.4. The monoisotopic (exact) mass is 243 g/mol. The van der Waals surface area contributed by atoms with Crippen molar-refractivity contribution >= 4 is 10.0 Å². The lowest BCUT2D eigenvalue weighted by Gasteiger charge is -2.06. The van der Waals surface area contributed by atoms with Gasteiger partial charge in [-0.3, -0.25) is 0 Å². The summed E-state index contributed by atoms with van der Waals surface area (Å²) in [5.41, 5.74) is 0.750. The molecule has 0 aliphatic heterocycles. The van der Waals surface area contributed by atoms with Crippen molar-refractivity contribution in [1.29, 1.82) is 0 Å². The number of phenolic OH excluding ortho intramolecular Hbond substituents is 1. The van der Waals surface area contributed by atoms with Gasteiger partial charge in [0.15, 0.2) is 0 Å². The fourth-order valence-electron chi connectivity index (χ4n) is 1.27. The number of phenols is 1. The first-order chi connectivity index (χ1) is 7.53. The van der Waals surface area contributed by atoms with Crippen LogP contribution in [0.25, 0.3) is 0 Å². The van der Waals surface area contributed by atoms with Gasteiger partial charge in [-0.2, -0.15) is 0 Å². The van der Waals surface area contributed by atoms with Crippen molar-refractivity contribution in [3.8, 4) is 5.75 Å². The predicted octanol–water partition coefficient (Wildman–Crippen LogP) is 1.61. The quantitative estimate of drug-likeness (QED) is 0.797. The van der Waals surface area contributed by atoms with E-state index in [0.717, 1.165) is 12.0 Å². The summed E-state index contributed by atoms with van der Waals surface area (Å²) in [6, 6.07) is 6.55. The maximum absolute atomic E-state index is 11.5. The lowest BCUT2D eigenvalue weighted by Crippen LogP contribution is -2.25. The van der Waals surface area contributed by atoms with E-state index in [1.165, 1.54) is 0 Å². The van der Waals surface area contributed by atoms with Crippen LogP contribution in [0.5, 0.6) is 5.75 Å².